The van der Waals surface area contributed by atoms with Crippen LogP contribution in [-0.2, 0) is 4.79 Å². The van der Waals surface area contributed by atoms with Crippen LogP contribution in [0.1, 0.15) is 6.92 Å². The summed E-state index contributed by atoms with van der Waals surface area (Å²) >= 11 is 0. The summed E-state index contributed by atoms with van der Waals surface area (Å²) in [5.74, 6) is -1.19. The minimum Gasteiger partial charge on any atom is -0.545 e. The molecule has 0 N–H and O–H groups in total. The van der Waals surface area contributed by atoms with E-state index in [0.717, 1.165) is 0 Å². The van der Waals surface area contributed by atoms with Crippen LogP contribution in [0.25, 0.3) is 0 Å². The van der Waals surface area contributed by atoms with Crippen molar-refractivity contribution in [1.29, 1.82) is 0 Å². The van der Waals surface area contributed by atoms with E-state index in [0.29, 0.717) is 0 Å². The number of carbonyl (C=O) groups is 1. The molecule has 0 aromatic carbocycles. The molecule has 0 rings (SSSR count). The Kier molecular flexibility index (Phi) is 19.3. The molecule has 0 aliphatic rings. The Morgan fingerprint density at radius 2 is 1.56 bits per heavy atom. The Labute approximate surface area is 77.6 Å². The molecule has 0 saturated carbocycles. The van der Waals surface area contributed by atoms with E-state index in [-0.39, 0.29) is 35.1 Å². The molecule has 0 heterocycles. The Morgan fingerprint density at radius 3 is 1.56 bits per heavy atom. The predicted octanol–water partition coefficient (Wildman–Crippen LogP) is -2.88. The number of hydrogen-bond donors (Lipinski definition) is 0. The fourth-order valence-corrected chi connectivity index (χ4v) is 0. The molecule has 0 aliphatic carbocycles. The molecule has 0 bridgehead atoms. The Hall–Kier alpha value is -0.0500. The van der Waals surface area contributed by atoms with Gasteiger partial charge in [-0.15, -0.1) is 13.2 Å². The van der Waals surface area contributed by atoms with Gasteiger partial charge in [0.2, 0.25) is 0 Å². The zero-order chi connectivity index (χ0) is 7.15. The van der Waals surface area contributed by atoms with E-state index in [1.165, 1.54) is 6.92 Å². The monoisotopic (exact) mass is 136 g/mol. The van der Waals surface area contributed by atoms with Crippen molar-refractivity contribution >= 4 is 5.97 Å². The minimum absolute atomic E-state index is 0. The van der Waals surface area contributed by atoms with Gasteiger partial charge in [0.25, 0.3) is 0 Å². The van der Waals surface area contributed by atoms with Crippen molar-refractivity contribution < 1.29 is 39.5 Å². The van der Waals surface area contributed by atoms with E-state index >= 15 is 0 Å². The third kappa shape index (κ3) is 18.0. The van der Waals surface area contributed by atoms with Crippen LogP contribution in [0.2, 0.25) is 0 Å². The standard InChI is InChI=1S/C4H6O2.C2H4.Na/c1-3(2)4(5)6;1-2;/h1H2,2H3,(H,5,6);1-2H2;/q;;+1/p-1. The maximum Gasteiger partial charge on any atom is 1.00 e. The smallest absolute Gasteiger partial charge is 0.545 e. The zero-order valence-corrected chi connectivity index (χ0v) is 7.94. The van der Waals surface area contributed by atoms with Crippen molar-refractivity contribution in [2.75, 3.05) is 0 Å². The Bertz CT molecular complexity index is 87.2. The first-order valence-corrected chi connectivity index (χ1v) is 2.01. The second-order valence-electron chi connectivity index (χ2n) is 1.07. The molecule has 0 saturated heterocycles. The van der Waals surface area contributed by atoms with Gasteiger partial charge in [-0.25, -0.2) is 0 Å². The van der Waals surface area contributed by atoms with E-state index in [1.807, 2.05) is 0 Å². The van der Waals surface area contributed by atoms with Crippen molar-refractivity contribution in [3.8, 4) is 0 Å². The normalized spacial score (nSPS) is 5.44. The van der Waals surface area contributed by atoms with Crippen LogP contribution in [0.5, 0.6) is 0 Å². The number of carboxylic acid groups (broad SMARTS) is 1. The van der Waals surface area contributed by atoms with Gasteiger partial charge >= 0.3 is 29.6 Å². The van der Waals surface area contributed by atoms with E-state index in [2.05, 4.69) is 19.7 Å². The molecule has 2 nitrogen and oxygen atoms in total. The van der Waals surface area contributed by atoms with Crippen LogP contribution < -0.4 is 34.7 Å². The molecule has 3 heteroatoms. The van der Waals surface area contributed by atoms with Crippen molar-refractivity contribution in [2.24, 2.45) is 0 Å². The molecule has 0 amide bonds. The van der Waals surface area contributed by atoms with Gasteiger partial charge < -0.3 is 9.90 Å². The third-order valence-electron chi connectivity index (χ3n) is 0.348. The SMILES string of the molecule is C=C.C=C(C)C(=O)[O-].[Na+]. The number of hydrogen-bond acceptors (Lipinski definition) is 2. The van der Waals surface area contributed by atoms with Crippen molar-refractivity contribution in [1.82, 2.24) is 0 Å². The third-order valence-corrected chi connectivity index (χ3v) is 0.348. The number of rotatable bonds is 1. The first-order valence-electron chi connectivity index (χ1n) is 2.01. The van der Waals surface area contributed by atoms with Gasteiger partial charge in [0.05, 0.1) is 5.97 Å². The van der Waals surface area contributed by atoms with E-state index in [1.54, 1.807) is 0 Å². The average Bonchev–Trinajstić information content (AvgIpc) is 1.72. The van der Waals surface area contributed by atoms with Crippen LogP contribution in [0, 0.1) is 0 Å². The second-order valence-corrected chi connectivity index (χ2v) is 1.07. The number of carboxylic acids is 1. The minimum atomic E-state index is -1.19. The Morgan fingerprint density at radius 1 is 1.44 bits per heavy atom. The van der Waals surface area contributed by atoms with E-state index in [9.17, 15) is 9.90 Å². The summed E-state index contributed by atoms with van der Waals surface area (Å²) in [6.45, 7) is 10.5. The van der Waals surface area contributed by atoms with Crippen molar-refractivity contribution in [3.63, 3.8) is 0 Å². The average molecular weight is 136 g/mol. The van der Waals surface area contributed by atoms with Gasteiger partial charge in [-0.2, -0.15) is 0 Å². The Balaban J connectivity index is -0.000000109. The van der Waals surface area contributed by atoms with Gasteiger partial charge in [0, 0.05) is 0 Å². The molecule has 0 aromatic rings. The van der Waals surface area contributed by atoms with Gasteiger partial charge in [0.15, 0.2) is 0 Å². The van der Waals surface area contributed by atoms with E-state index in [4.69, 9.17) is 0 Å². The van der Waals surface area contributed by atoms with Gasteiger partial charge in [-0.3, -0.25) is 0 Å². The first-order chi connectivity index (χ1) is 3.64. The summed E-state index contributed by atoms with van der Waals surface area (Å²) in [4.78, 5) is 9.49. The summed E-state index contributed by atoms with van der Waals surface area (Å²) in [7, 11) is 0. The van der Waals surface area contributed by atoms with Crippen LogP contribution in [-0.4, -0.2) is 5.97 Å². The topological polar surface area (TPSA) is 40.1 Å². The molecule has 0 unspecified atom stereocenters. The molecule has 0 radical (unpaired) electrons. The fraction of sp³-hybridized carbons (Fsp3) is 0.167. The maximum atomic E-state index is 9.49. The summed E-state index contributed by atoms with van der Waals surface area (Å²) in [6, 6.07) is 0. The predicted molar refractivity (Wildman–Crippen MR) is 31.1 cm³/mol. The summed E-state index contributed by atoms with van der Waals surface area (Å²) in [5, 5.41) is 9.49. The van der Waals surface area contributed by atoms with Crippen molar-refractivity contribution in [3.05, 3.63) is 25.3 Å². The van der Waals surface area contributed by atoms with E-state index < -0.39 is 5.97 Å². The number of aliphatic carboxylic acids is 1. The van der Waals surface area contributed by atoms with Crippen LogP contribution >= 0.6 is 0 Å². The van der Waals surface area contributed by atoms with Gasteiger partial charge in [-0.05, 0) is 12.5 Å². The molecule has 0 spiro atoms. The zero-order valence-electron chi connectivity index (χ0n) is 5.94. The van der Waals surface area contributed by atoms with Gasteiger partial charge in [0.1, 0.15) is 0 Å². The number of carbonyl (C=O) groups excluding carboxylic acids is 1. The summed E-state index contributed by atoms with van der Waals surface area (Å²) < 4.78 is 0. The summed E-state index contributed by atoms with van der Waals surface area (Å²) in [5.41, 5.74) is 0.0648. The molecule has 0 aromatic heterocycles. The van der Waals surface area contributed by atoms with Crippen LogP contribution in [0.4, 0.5) is 0 Å². The fourth-order valence-electron chi connectivity index (χ4n) is 0. The molecular formula is C6H9NaO2. The molecule has 9 heavy (non-hydrogen) atoms. The van der Waals surface area contributed by atoms with Crippen LogP contribution in [0.15, 0.2) is 25.3 Å². The van der Waals surface area contributed by atoms with Gasteiger partial charge in [-0.1, -0.05) is 6.58 Å². The first kappa shape index (κ1) is 16.0. The second kappa shape index (κ2) is 10.8. The summed E-state index contributed by atoms with van der Waals surface area (Å²) in [6.07, 6.45) is 0. The quantitative estimate of drug-likeness (QED) is 0.221. The molecule has 0 fully saturated rings. The van der Waals surface area contributed by atoms with Crippen molar-refractivity contribution in [2.45, 2.75) is 6.92 Å². The molecular weight excluding hydrogens is 127 g/mol. The maximum absolute atomic E-state index is 9.49. The van der Waals surface area contributed by atoms with Crippen LogP contribution in [0.3, 0.4) is 0 Å². The molecule has 0 aliphatic heterocycles. The molecule has 46 valence electrons. The molecule has 0 atom stereocenters. The largest absolute Gasteiger partial charge is 1.00 e.